The Morgan fingerprint density at radius 1 is 1.26 bits per heavy atom. The largest absolute Gasteiger partial charge is 0.466 e. The van der Waals surface area contributed by atoms with Gasteiger partial charge in [-0.2, -0.15) is 0 Å². The molecule has 0 aliphatic carbocycles. The standard InChI is InChI=1S/C14H25NO4/c1-10(2)9-11(7-8-12(16)18-6)15-13(17)19-14(3,4)5/h7-8,10-11H,9H2,1-6H3,(H,15,17)/b8-7+. The number of carbonyl (C=O) groups is 2. The van der Waals surface area contributed by atoms with Crippen molar-refractivity contribution in [3.8, 4) is 0 Å². The fourth-order valence-corrected chi connectivity index (χ4v) is 1.42. The van der Waals surface area contributed by atoms with Gasteiger partial charge in [-0.3, -0.25) is 0 Å². The minimum absolute atomic E-state index is 0.256. The van der Waals surface area contributed by atoms with Crippen LogP contribution in [0.5, 0.6) is 0 Å². The van der Waals surface area contributed by atoms with E-state index in [4.69, 9.17) is 4.74 Å². The predicted octanol–water partition coefficient (Wildman–Crippen LogP) is 2.66. The van der Waals surface area contributed by atoms with Crippen molar-refractivity contribution in [2.45, 2.75) is 52.7 Å². The SMILES string of the molecule is COC(=O)/C=C/C(CC(C)C)NC(=O)OC(C)(C)C. The van der Waals surface area contributed by atoms with E-state index in [2.05, 4.69) is 10.1 Å². The van der Waals surface area contributed by atoms with E-state index in [9.17, 15) is 9.59 Å². The number of methoxy groups -OCH3 is 1. The maximum atomic E-state index is 11.7. The van der Waals surface area contributed by atoms with Gasteiger partial charge in [0, 0.05) is 6.08 Å². The lowest BCUT2D eigenvalue weighted by Crippen LogP contribution is -2.38. The van der Waals surface area contributed by atoms with Crippen molar-refractivity contribution in [1.29, 1.82) is 0 Å². The minimum atomic E-state index is -0.543. The van der Waals surface area contributed by atoms with Gasteiger partial charge in [0.05, 0.1) is 13.2 Å². The van der Waals surface area contributed by atoms with Crippen molar-refractivity contribution in [3.05, 3.63) is 12.2 Å². The van der Waals surface area contributed by atoms with Crippen LogP contribution in [0.3, 0.4) is 0 Å². The summed E-state index contributed by atoms with van der Waals surface area (Å²) in [7, 11) is 1.31. The second kappa shape index (κ2) is 7.81. The summed E-state index contributed by atoms with van der Waals surface area (Å²) in [6, 6.07) is -0.256. The Kier molecular flexibility index (Phi) is 7.19. The Balaban J connectivity index is 4.55. The molecule has 0 aliphatic rings. The molecule has 1 atom stereocenters. The van der Waals surface area contributed by atoms with Crippen molar-refractivity contribution in [2.24, 2.45) is 5.92 Å². The number of ether oxygens (including phenoxy) is 2. The van der Waals surface area contributed by atoms with E-state index in [1.807, 2.05) is 13.8 Å². The van der Waals surface area contributed by atoms with E-state index < -0.39 is 17.7 Å². The highest BCUT2D eigenvalue weighted by Crippen LogP contribution is 2.10. The van der Waals surface area contributed by atoms with Crippen molar-refractivity contribution >= 4 is 12.1 Å². The number of carbonyl (C=O) groups excluding carboxylic acids is 2. The van der Waals surface area contributed by atoms with Crippen LogP contribution in [0.25, 0.3) is 0 Å². The molecule has 5 heteroatoms. The van der Waals surface area contributed by atoms with Crippen LogP contribution in [0.15, 0.2) is 12.2 Å². The molecule has 0 bridgehead atoms. The molecule has 0 fully saturated rings. The quantitative estimate of drug-likeness (QED) is 0.616. The van der Waals surface area contributed by atoms with Gasteiger partial charge in [-0.05, 0) is 33.1 Å². The zero-order valence-electron chi connectivity index (χ0n) is 12.6. The maximum absolute atomic E-state index is 11.7. The molecule has 0 rings (SSSR count). The molecule has 0 aromatic rings. The van der Waals surface area contributed by atoms with Crippen LogP contribution >= 0.6 is 0 Å². The van der Waals surface area contributed by atoms with Crippen molar-refractivity contribution < 1.29 is 19.1 Å². The first-order valence-corrected chi connectivity index (χ1v) is 6.39. The van der Waals surface area contributed by atoms with Gasteiger partial charge in [0.15, 0.2) is 0 Å². The number of nitrogens with one attached hydrogen (secondary N) is 1. The number of amides is 1. The van der Waals surface area contributed by atoms with E-state index in [1.54, 1.807) is 26.8 Å². The van der Waals surface area contributed by atoms with Gasteiger partial charge < -0.3 is 14.8 Å². The van der Waals surface area contributed by atoms with Gasteiger partial charge in [-0.15, -0.1) is 0 Å². The van der Waals surface area contributed by atoms with Gasteiger partial charge in [0.25, 0.3) is 0 Å². The predicted molar refractivity (Wildman–Crippen MR) is 73.8 cm³/mol. The lowest BCUT2D eigenvalue weighted by atomic mass is 10.0. The molecule has 0 radical (unpaired) electrons. The number of alkyl carbamates (subject to hydrolysis) is 1. The summed E-state index contributed by atoms with van der Waals surface area (Å²) in [5.41, 5.74) is -0.543. The van der Waals surface area contributed by atoms with E-state index in [1.165, 1.54) is 13.2 Å². The molecular formula is C14H25NO4. The molecule has 0 heterocycles. The maximum Gasteiger partial charge on any atom is 0.408 e. The van der Waals surface area contributed by atoms with Crippen molar-refractivity contribution in [3.63, 3.8) is 0 Å². The highest BCUT2D eigenvalue weighted by atomic mass is 16.6. The molecule has 110 valence electrons. The third-order valence-corrected chi connectivity index (χ3v) is 2.09. The minimum Gasteiger partial charge on any atom is -0.466 e. The lowest BCUT2D eigenvalue weighted by Gasteiger charge is -2.23. The number of hydrogen-bond donors (Lipinski definition) is 1. The Hall–Kier alpha value is -1.52. The van der Waals surface area contributed by atoms with Crippen LogP contribution in [-0.2, 0) is 14.3 Å². The third-order valence-electron chi connectivity index (χ3n) is 2.09. The van der Waals surface area contributed by atoms with Crippen LogP contribution in [0, 0.1) is 5.92 Å². The Morgan fingerprint density at radius 2 is 1.84 bits per heavy atom. The van der Waals surface area contributed by atoms with Gasteiger partial charge in [0.1, 0.15) is 5.60 Å². The number of rotatable bonds is 5. The fourth-order valence-electron chi connectivity index (χ4n) is 1.42. The molecule has 0 spiro atoms. The summed E-state index contributed by atoms with van der Waals surface area (Å²) in [6.07, 6.45) is 3.15. The molecule has 1 amide bonds. The number of hydrogen-bond acceptors (Lipinski definition) is 4. The van der Waals surface area contributed by atoms with Crippen LogP contribution in [-0.4, -0.2) is 30.8 Å². The van der Waals surface area contributed by atoms with Crippen molar-refractivity contribution in [2.75, 3.05) is 7.11 Å². The fraction of sp³-hybridized carbons (Fsp3) is 0.714. The van der Waals surface area contributed by atoms with Crippen LogP contribution in [0.2, 0.25) is 0 Å². The number of esters is 1. The highest BCUT2D eigenvalue weighted by Gasteiger charge is 2.19. The van der Waals surface area contributed by atoms with E-state index >= 15 is 0 Å². The molecule has 0 aromatic heterocycles. The molecule has 0 saturated carbocycles. The monoisotopic (exact) mass is 271 g/mol. The molecule has 0 aliphatic heterocycles. The van der Waals surface area contributed by atoms with Crippen LogP contribution in [0.4, 0.5) is 4.79 Å². The third kappa shape index (κ3) is 10.1. The van der Waals surface area contributed by atoms with Crippen LogP contribution in [0.1, 0.15) is 41.0 Å². The Labute approximate surface area is 115 Å². The first-order valence-electron chi connectivity index (χ1n) is 6.39. The topological polar surface area (TPSA) is 64.6 Å². The Morgan fingerprint density at radius 3 is 2.26 bits per heavy atom. The zero-order valence-corrected chi connectivity index (χ0v) is 12.6. The van der Waals surface area contributed by atoms with Gasteiger partial charge in [-0.1, -0.05) is 19.9 Å². The average Bonchev–Trinajstić information content (AvgIpc) is 2.21. The summed E-state index contributed by atoms with van der Waals surface area (Å²) in [6.45, 7) is 9.47. The first kappa shape index (κ1) is 17.5. The normalized spacial score (nSPS) is 13.4. The molecule has 1 unspecified atom stereocenters. The molecule has 0 aromatic carbocycles. The second-order valence-corrected chi connectivity index (χ2v) is 5.76. The smallest absolute Gasteiger partial charge is 0.408 e. The molecule has 0 saturated heterocycles. The van der Waals surface area contributed by atoms with Crippen molar-refractivity contribution in [1.82, 2.24) is 5.32 Å². The summed E-state index contributed by atoms with van der Waals surface area (Å²) in [5.74, 6) is -0.0676. The molecular weight excluding hydrogens is 246 g/mol. The molecule has 1 N–H and O–H groups in total. The highest BCUT2D eigenvalue weighted by molar-refractivity contribution is 5.82. The molecule has 19 heavy (non-hydrogen) atoms. The first-order chi connectivity index (χ1) is 8.64. The summed E-state index contributed by atoms with van der Waals surface area (Å²) in [4.78, 5) is 22.7. The Bertz CT molecular complexity index is 329. The zero-order chi connectivity index (χ0) is 15.1. The summed E-state index contributed by atoms with van der Waals surface area (Å²) in [5, 5.41) is 2.73. The summed E-state index contributed by atoms with van der Waals surface area (Å²) < 4.78 is 9.70. The van der Waals surface area contributed by atoms with Gasteiger partial charge in [0.2, 0.25) is 0 Å². The lowest BCUT2D eigenvalue weighted by molar-refractivity contribution is -0.134. The summed E-state index contributed by atoms with van der Waals surface area (Å²) >= 11 is 0. The van der Waals surface area contributed by atoms with E-state index in [-0.39, 0.29) is 6.04 Å². The van der Waals surface area contributed by atoms with E-state index in [0.29, 0.717) is 12.3 Å². The van der Waals surface area contributed by atoms with Gasteiger partial charge in [-0.25, -0.2) is 9.59 Å². The van der Waals surface area contributed by atoms with E-state index in [0.717, 1.165) is 0 Å². The van der Waals surface area contributed by atoms with Gasteiger partial charge >= 0.3 is 12.1 Å². The molecule has 5 nitrogen and oxygen atoms in total. The van der Waals surface area contributed by atoms with Crippen LogP contribution < -0.4 is 5.32 Å². The average molecular weight is 271 g/mol. The second-order valence-electron chi connectivity index (χ2n) is 5.76.